The van der Waals surface area contributed by atoms with Crippen molar-refractivity contribution in [3.63, 3.8) is 0 Å². The first-order chi connectivity index (χ1) is 9.78. The summed E-state index contributed by atoms with van der Waals surface area (Å²) in [5.41, 5.74) is 5.18. The number of hydrogen-bond acceptors (Lipinski definition) is 5. The van der Waals surface area contributed by atoms with Crippen LogP contribution < -0.4 is 11.1 Å². The molecular formula is C13H26N2O5S. The van der Waals surface area contributed by atoms with Gasteiger partial charge in [-0.25, -0.2) is 8.42 Å². The molecule has 0 aromatic carbocycles. The number of carbonyl (C=O) groups excluding carboxylic acids is 2. The van der Waals surface area contributed by atoms with Gasteiger partial charge in [0.1, 0.15) is 12.6 Å². The Labute approximate surface area is 126 Å². The molecule has 3 N–H and O–H groups in total. The molecule has 2 amide bonds. The van der Waals surface area contributed by atoms with Gasteiger partial charge in [-0.15, -0.1) is 0 Å². The molecule has 21 heavy (non-hydrogen) atoms. The van der Waals surface area contributed by atoms with E-state index in [1.54, 1.807) is 0 Å². The quantitative estimate of drug-likeness (QED) is 0.555. The summed E-state index contributed by atoms with van der Waals surface area (Å²) in [6.07, 6.45) is 2.55. The molecule has 0 fully saturated rings. The van der Waals surface area contributed by atoms with E-state index in [1.807, 2.05) is 13.8 Å². The molecule has 0 spiro atoms. The van der Waals surface area contributed by atoms with Crippen LogP contribution in [-0.2, 0) is 24.2 Å². The van der Waals surface area contributed by atoms with Gasteiger partial charge in [-0.1, -0.05) is 26.7 Å². The average molecular weight is 322 g/mol. The predicted molar refractivity (Wildman–Crippen MR) is 80.4 cm³/mol. The van der Waals surface area contributed by atoms with Crippen molar-refractivity contribution in [3.05, 3.63) is 0 Å². The summed E-state index contributed by atoms with van der Waals surface area (Å²) in [5.74, 6) is -1.91. The number of sulfone groups is 1. The molecule has 124 valence electrons. The fourth-order valence-corrected chi connectivity index (χ4v) is 4.25. The maximum absolute atomic E-state index is 12.4. The zero-order chi connectivity index (χ0) is 16.5. The highest BCUT2D eigenvalue weighted by atomic mass is 32.2. The lowest BCUT2D eigenvalue weighted by Gasteiger charge is -2.20. The molecule has 0 aliphatic carbocycles. The summed E-state index contributed by atoms with van der Waals surface area (Å²) in [6, 6.07) is -1.23. The maximum Gasteiger partial charge on any atom is 0.246 e. The Balaban J connectivity index is 4.95. The topological polar surface area (TPSA) is 116 Å². The Morgan fingerprint density at radius 1 is 1.19 bits per heavy atom. The van der Waals surface area contributed by atoms with E-state index in [2.05, 4.69) is 10.1 Å². The van der Waals surface area contributed by atoms with Gasteiger partial charge in [0.2, 0.25) is 11.8 Å². The monoisotopic (exact) mass is 322 g/mol. The van der Waals surface area contributed by atoms with Gasteiger partial charge in [-0.2, -0.15) is 0 Å². The number of primary amides is 1. The highest BCUT2D eigenvalue weighted by Crippen LogP contribution is 2.16. The molecule has 0 unspecified atom stereocenters. The third-order valence-electron chi connectivity index (χ3n) is 3.08. The van der Waals surface area contributed by atoms with Crippen molar-refractivity contribution < 1.29 is 22.7 Å². The number of nitrogens with one attached hydrogen (secondary N) is 1. The molecule has 0 saturated heterocycles. The number of ether oxygens (including phenoxy) is 1. The summed E-state index contributed by atoms with van der Waals surface area (Å²) in [5, 5.41) is 1.79. The fraction of sp³-hybridized carbons (Fsp3) is 0.846. The van der Waals surface area contributed by atoms with E-state index in [-0.39, 0.29) is 6.61 Å². The Kier molecular flexibility index (Phi) is 9.19. The second-order valence-electron chi connectivity index (χ2n) is 4.98. The minimum Gasteiger partial charge on any atom is -0.375 e. The second kappa shape index (κ2) is 9.73. The lowest BCUT2D eigenvalue weighted by atomic mass is 10.2. The van der Waals surface area contributed by atoms with Crippen LogP contribution in [0.15, 0.2) is 0 Å². The highest BCUT2D eigenvalue weighted by Gasteiger charge is 2.30. The van der Waals surface area contributed by atoms with Crippen LogP contribution in [0.2, 0.25) is 0 Å². The molecule has 0 radical (unpaired) electrons. The number of amides is 2. The van der Waals surface area contributed by atoms with E-state index in [9.17, 15) is 18.0 Å². The van der Waals surface area contributed by atoms with E-state index in [4.69, 9.17) is 5.73 Å². The smallest absolute Gasteiger partial charge is 0.246 e. The number of carbonyl (C=O) groups is 2. The molecule has 0 aliphatic heterocycles. The zero-order valence-corrected chi connectivity index (χ0v) is 13.7. The molecular weight excluding hydrogens is 296 g/mol. The van der Waals surface area contributed by atoms with E-state index in [0.29, 0.717) is 12.8 Å². The van der Waals surface area contributed by atoms with Crippen molar-refractivity contribution in [1.82, 2.24) is 5.32 Å². The first-order valence-corrected chi connectivity index (χ1v) is 8.79. The van der Waals surface area contributed by atoms with E-state index in [1.165, 1.54) is 7.11 Å². The molecule has 1 atom stereocenters. The number of hydrogen-bond donors (Lipinski definition) is 2. The van der Waals surface area contributed by atoms with Crippen molar-refractivity contribution in [2.45, 2.75) is 50.8 Å². The number of rotatable bonds is 11. The van der Waals surface area contributed by atoms with Crippen molar-refractivity contribution in [3.8, 4) is 0 Å². The van der Waals surface area contributed by atoms with Crippen LogP contribution in [0.4, 0.5) is 0 Å². The van der Waals surface area contributed by atoms with E-state index < -0.39 is 38.7 Å². The molecule has 7 nitrogen and oxygen atoms in total. The fourth-order valence-electron chi connectivity index (χ4n) is 2.08. The normalized spacial score (nSPS) is 13.1. The summed E-state index contributed by atoms with van der Waals surface area (Å²) in [4.78, 5) is 22.8. The van der Waals surface area contributed by atoms with Gasteiger partial charge in [0, 0.05) is 7.11 Å². The third kappa shape index (κ3) is 7.42. The molecule has 8 heteroatoms. The standard InChI is InChI=1S/C13H26N2O5S/c1-4-6-10(7-5-2)21(18,19)9-11(13(14)17)15-12(16)8-20-3/h10-11H,4-9H2,1-3H3,(H2,14,17)(H,15,16)/t11-/m1/s1. The average Bonchev–Trinajstić information content (AvgIpc) is 2.37. The van der Waals surface area contributed by atoms with Crippen LogP contribution in [-0.4, -0.2) is 51.0 Å². The zero-order valence-electron chi connectivity index (χ0n) is 12.9. The van der Waals surface area contributed by atoms with Gasteiger partial charge in [-0.05, 0) is 12.8 Å². The van der Waals surface area contributed by atoms with Gasteiger partial charge in [0.15, 0.2) is 9.84 Å². The van der Waals surface area contributed by atoms with Crippen LogP contribution >= 0.6 is 0 Å². The van der Waals surface area contributed by atoms with Crippen molar-refractivity contribution in [2.24, 2.45) is 5.73 Å². The van der Waals surface area contributed by atoms with E-state index >= 15 is 0 Å². The maximum atomic E-state index is 12.4. The van der Waals surface area contributed by atoms with Crippen LogP contribution in [0, 0.1) is 0 Å². The largest absolute Gasteiger partial charge is 0.375 e. The van der Waals surface area contributed by atoms with Crippen LogP contribution in [0.5, 0.6) is 0 Å². The van der Waals surface area contributed by atoms with Gasteiger partial charge in [0.25, 0.3) is 0 Å². The van der Waals surface area contributed by atoms with Gasteiger partial charge >= 0.3 is 0 Å². The third-order valence-corrected chi connectivity index (χ3v) is 5.37. The molecule has 0 heterocycles. The first-order valence-electron chi connectivity index (χ1n) is 7.07. The minimum absolute atomic E-state index is 0.253. The lowest BCUT2D eigenvalue weighted by molar-refractivity contribution is -0.129. The van der Waals surface area contributed by atoms with E-state index in [0.717, 1.165) is 12.8 Å². The number of methoxy groups -OCH3 is 1. The molecule has 0 aromatic rings. The summed E-state index contributed by atoms with van der Waals surface area (Å²) in [6.45, 7) is 3.56. The lowest BCUT2D eigenvalue weighted by Crippen LogP contribution is -2.50. The SMILES string of the molecule is CCCC(CCC)S(=O)(=O)C[C@@H](NC(=O)COC)C(N)=O. The molecule has 0 saturated carbocycles. The van der Waals surface area contributed by atoms with Gasteiger partial charge in [0.05, 0.1) is 11.0 Å². The van der Waals surface area contributed by atoms with Crippen LogP contribution in [0.1, 0.15) is 39.5 Å². The predicted octanol–water partition coefficient (Wildman–Crippen LogP) is -0.0135. The van der Waals surface area contributed by atoms with Gasteiger partial charge in [-0.3, -0.25) is 9.59 Å². The summed E-state index contributed by atoms with van der Waals surface area (Å²) < 4.78 is 29.4. The molecule has 0 aliphatic rings. The molecule has 0 bridgehead atoms. The van der Waals surface area contributed by atoms with Gasteiger partial charge < -0.3 is 15.8 Å². The summed E-state index contributed by atoms with van der Waals surface area (Å²) >= 11 is 0. The highest BCUT2D eigenvalue weighted by molar-refractivity contribution is 7.92. The second-order valence-corrected chi connectivity index (χ2v) is 7.31. The van der Waals surface area contributed by atoms with Crippen LogP contribution in [0.25, 0.3) is 0 Å². The van der Waals surface area contributed by atoms with Crippen molar-refractivity contribution >= 4 is 21.7 Å². The van der Waals surface area contributed by atoms with Crippen LogP contribution in [0.3, 0.4) is 0 Å². The van der Waals surface area contributed by atoms with Crippen molar-refractivity contribution in [2.75, 3.05) is 19.5 Å². The minimum atomic E-state index is -3.51. The Hall–Kier alpha value is -1.15. The van der Waals surface area contributed by atoms with Crippen molar-refractivity contribution in [1.29, 1.82) is 0 Å². The Bertz CT molecular complexity index is 430. The molecule has 0 aromatic heterocycles. The summed E-state index contributed by atoms with van der Waals surface area (Å²) in [7, 11) is -2.18. The first kappa shape index (κ1) is 19.9. The molecule has 0 rings (SSSR count). The Morgan fingerprint density at radius 2 is 1.71 bits per heavy atom. The Morgan fingerprint density at radius 3 is 2.10 bits per heavy atom. The number of nitrogens with two attached hydrogens (primary N) is 1.